The van der Waals surface area contributed by atoms with E-state index in [1.807, 2.05) is 31.2 Å². The molecule has 1 atom stereocenters. The van der Waals surface area contributed by atoms with Crippen molar-refractivity contribution in [1.82, 2.24) is 0 Å². The molecule has 0 heterocycles. The molecule has 0 spiro atoms. The van der Waals surface area contributed by atoms with Crippen LogP contribution in [0.5, 0.6) is 0 Å². The minimum Gasteiger partial charge on any atom is -0.378 e. The van der Waals surface area contributed by atoms with Gasteiger partial charge in [-0.05, 0) is 65.2 Å². The van der Waals surface area contributed by atoms with Crippen LogP contribution in [0.4, 0.5) is 10.1 Å². The van der Waals surface area contributed by atoms with Gasteiger partial charge >= 0.3 is 0 Å². The molecule has 0 fully saturated rings. The van der Waals surface area contributed by atoms with Crippen LogP contribution in [0.15, 0.2) is 45.3 Å². The second-order valence-corrected chi connectivity index (χ2v) is 6.27. The molecule has 0 radical (unpaired) electrons. The third-order valence-corrected chi connectivity index (χ3v) is 4.15. The average Bonchev–Trinajstić information content (AvgIpc) is 2.36. The predicted molar refractivity (Wildman–Crippen MR) is 85.0 cm³/mol. The van der Waals surface area contributed by atoms with E-state index < -0.39 is 0 Å². The molecule has 0 aliphatic rings. The molecule has 19 heavy (non-hydrogen) atoms. The van der Waals surface area contributed by atoms with Crippen molar-refractivity contribution in [3.63, 3.8) is 0 Å². The van der Waals surface area contributed by atoms with Crippen LogP contribution in [0.3, 0.4) is 0 Å². The summed E-state index contributed by atoms with van der Waals surface area (Å²) in [5, 5.41) is 3.34. The number of aryl methyl sites for hydroxylation is 1. The summed E-state index contributed by atoms with van der Waals surface area (Å²) < 4.78 is 15.1. The zero-order chi connectivity index (χ0) is 14.0. The van der Waals surface area contributed by atoms with Gasteiger partial charge in [-0.25, -0.2) is 4.39 Å². The number of hydrogen-bond donors (Lipinski definition) is 1. The first kappa shape index (κ1) is 14.5. The Bertz CT molecular complexity index is 581. The number of hydrogen-bond acceptors (Lipinski definition) is 1. The quantitative estimate of drug-likeness (QED) is 0.699. The molecule has 0 bridgehead atoms. The molecule has 0 aliphatic heterocycles. The molecule has 0 aromatic heterocycles. The summed E-state index contributed by atoms with van der Waals surface area (Å²) in [7, 11) is 0. The van der Waals surface area contributed by atoms with Gasteiger partial charge in [0.2, 0.25) is 0 Å². The highest BCUT2D eigenvalue weighted by Gasteiger charge is 2.09. The Hall–Kier alpha value is -0.870. The van der Waals surface area contributed by atoms with Gasteiger partial charge in [-0.15, -0.1) is 0 Å². The topological polar surface area (TPSA) is 12.0 Å². The monoisotopic (exact) mass is 385 g/mol. The second-order valence-electron chi connectivity index (χ2n) is 4.50. The fraction of sp³-hybridized carbons (Fsp3) is 0.200. The predicted octanol–water partition coefficient (Wildman–Crippen LogP) is 5.83. The van der Waals surface area contributed by atoms with Crippen LogP contribution in [-0.2, 0) is 0 Å². The summed E-state index contributed by atoms with van der Waals surface area (Å²) in [6, 6.07) is 11.5. The minimum absolute atomic E-state index is 0.118. The molecule has 4 heteroatoms. The van der Waals surface area contributed by atoms with Gasteiger partial charge in [-0.3, -0.25) is 0 Å². The van der Waals surface area contributed by atoms with Gasteiger partial charge in [0.1, 0.15) is 5.82 Å². The van der Waals surface area contributed by atoms with Crippen LogP contribution < -0.4 is 5.32 Å². The van der Waals surface area contributed by atoms with Crippen LogP contribution in [0.25, 0.3) is 0 Å². The maximum atomic E-state index is 13.6. The number of nitrogens with one attached hydrogen (secondary N) is 1. The number of benzene rings is 2. The molecule has 0 aliphatic carbocycles. The third kappa shape index (κ3) is 3.57. The van der Waals surface area contributed by atoms with Gasteiger partial charge in [-0.2, -0.15) is 0 Å². The summed E-state index contributed by atoms with van der Waals surface area (Å²) in [4.78, 5) is 0. The zero-order valence-corrected chi connectivity index (χ0v) is 13.8. The maximum Gasteiger partial charge on any atom is 0.139 e. The van der Waals surface area contributed by atoms with Crippen molar-refractivity contribution < 1.29 is 4.39 Å². The Kier molecular flexibility index (Phi) is 4.63. The van der Waals surface area contributed by atoms with Gasteiger partial charge in [0.25, 0.3) is 0 Å². The molecule has 100 valence electrons. The Balaban J connectivity index is 2.21. The summed E-state index contributed by atoms with van der Waals surface area (Å²) in [5.41, 5.74) is 2.99. The standard InChI is InChI=1S/C15H14Br2FN/c1-9-7-13(17)14(18)8-15(9)19-10(2)11-3-5-12(16)6-4-11/h3-8,10,19H,1-2H3. The smallest absolute Gasteiger partial charge is 0.139 e. The molecule has 1 unspecified atom stereocenters. The third-order valence-electron chi connectivity index (χ3n) is 3.01. The Morgan fingerprint density at radius 2 is 1.74 bits per heavy atom. The van der Waals surface area contributed by atoms with Crippen molar-refractivity contribution >= 4 is 37.5 Å². The molecule has 2 aromatic carbocycles. The van der Waals surface area contributed by atoms with E-state index in [1.165, 1.54) is 6.07 Å². The van der Waals surface area contributed by atoms with E-state index >= 15 is 0 Å². The van der Waals surface area contributed by atoms with Gasteiger partial charge in [0.15, 0.2) is 0 Å². The van der Waals surface area contributed by atoms with E-state index in [-0.39, 0.29) is 11.9 Å². The molecule has 0 saturated carbocycles. The summed E-state index contributed by atoms with van der Waals surface area (Å²) in [6.45, 7) is 4.02. The largest absolute Gasteiger partial charge is 0.378 e. The molecule has 2 aromatic rings. The second kappa shape index (κ2) is 6.06. The normalized spacial score (nSPS) is 12.3. The highest BCUT2D eigenvalue weighted by Crippen LogP contribution is 2.27. The lowest BCUT2D eigenvalue weighted by Crippen LogP contribution is -2.08. The molecule has 1 N–H and O–H groups in total. The highest BCUT2D eigenvalue weighted by molar-refractivity contribution is 9.10. The zero-order valence-electron chi connectivity index (χ0n) is 10.7. The molecular weight excluding hydrogens is 373 g/mol. The van der Waals surface area contributed by atoms with E-state index in [1.54, 1.807) is 6.07 Å². The van der Waals surface area contributed by atoms with Crippen molar-refractivity contribution in [2.75, 3.05) is 5.32 Å². The fourth-order valence-corrected chi connectivity index (χ4v) is 2.59. The molecule has 0 saturated heterocycles. The molecule has 2 rings (SSSR count). The lowest BCUT2D eigenvalue weighted by molar-refractivity contribution is 0.620. The van der Waals surface area contributed by atoms with E-state index in [0.717, 1.165) is 21.3 Å². The minimum atomic E-state index is -0.254. The lowest BCUT2D eigenvalue weighted by Gasteiger charge is -2.18. The SMILES string of the molecule is Cc1cc(Br)c(F)cc1NC(C)c1ccc(Br)cc1. The Morgan fingerprint density at radius 1 is 1.11 bits per heavy atom. The van der Waals surface area contributed by atoms with Crippen molar-refractivity contribution in [2.45, 2.75) is 19.9 Å². The van der Waals surface area contributed by atoms with Crippen molar-refractivity contribution in [1.29, 1.82) is 0 Å². The van der Waals surface area contributed by atoms with Crippen molar-refractivity contribution in [3.05, 3.63) is 62.3 Å². The van der Waals surface area contributed by atoms with Crippen LogP contribution in [-0.4, -0.2) is 0 Å². The van der Waals surface area contributed by atoms with E-state index in [9.17, 15) is 4.39 Å². The van der Waals surface area contributed by atoms with E-state index in [0.29, 0.717) is 4.47 Å². The average molecular weight is 387 g/mol. The summed E-state index contributed by atoms with van der Waals surface area (Å²) in [5.74, 6) is -0.254. The van der Waals surface area contributed by atoms with Gasteiger partial charge in [0, 0.05) is 16.2 Å². The van der Waals surface area contributed by atoms with Crippen LogP contribution in [0.1, 0.15) is 24.1 Å². The first-order valence-corrected chi connectivity index (χ1v) is 7.53. The highest BCUT2D eigenvalue weighted by atomic mass is 79.9. The molecule has 0 amide bonds. The Morgan fingerprint density at radius 3 is 2.37 bits per heavy atom. The maximum absolute atomic E-state index is 13.6. The van der Waals surface area contributed by atoms with Gasteiger partial charge < -0.3 is 5.32 Å². The van der Waals surface area contributed by atoms with Crippen molar-refractivity contribution in [2.24, 2.45) is 0 Å². The number of rotatable bonds is 3. The van der Waals surface area contributed by atoms with Gasteiger partial charge in [-0.1, -0.05) is 28.1 Å². The number of halogens is 3. The Labute approximate surface area is 129 Å². The van der Waals surface area contributed by atoms with Crippen LogP contribution in [0, 0.1) is 12.7 Å². The first-order chi connectivity index (χ1) is 8.97. The summed E-state index contributed by atoms with van der Waals surface area (Å²) >= 11 is 6.61. The van der Waals surface area contributed by atoms with Gasteiger partial charge in [0.05, 0.1) is 4.47 Å². The number of anilines is 1. The fourth-order valence-electron chi connectivity index (χ4n) is 1.87. The summed E-state index contributed by atoms with van der Waals surface area (Å²) in [6.07, 6.45) is 0. The van der Waals surface area contributed by atoms with Crippen molar-refractivity contribution in [3.8, 4) is 0 Å². The lowest BCUT2D eigenvalue weighted by atomic mass is 10.1. The van der Waals surface area contributed by atoms with E-state index in [4.69, 9.17) is 0 Å². The molecule has 1 nitrogen and oxygen atoms in total. The molecular formula is C15H14Br2FN. The van der Waals surface area contributed by atoms with Crippen LogP contribution >= 0.6 is 31.9 Å². The van der Waals surface area contributed by atoms with Crippen LogP contribution in [0.2, 0.25) is 0 Å². The first-order valence-electron chi connectivity index (χ1n) is 5.95. The van der Waals surface area contributed by atoms with E-state index in [2.05, 4.69) is 44.1 Å².